The van der Waals surface area contributed by atoms with Gasteiger partial charge in [-0.05, 0) is 24.6 Å². The average molecular weight is 362 g/mol. The Balaban J connectivity index is 1.97. The second-order valence-electron chi connectivity index (χ2n) is 5.74. The van der Waals surface area contributed by atoms with Gasteiger partial charge in [0.25, 0.3) is 0 Å². The van der Waals surface area contributed by atoms with Crippen LogP contribution in [0.15, 0.2) is 47.7 Å². The molecule has 0 bridgehead atoms. The summed E-state index contributed by atoms with van der Waals surface area (Å²) in [6, 6.07) is 6.61. The van der Waals surface area contributed by atoms with Crippen LogP contribution in [0.25, 0.3) is 0 Å². The molecule has 0 aromatic heterocycles. The van der Waals surface area contributed by atoms with Crippen molar-refractivity contribution >= 4 is 11.9 Å². The summed E-state index contributed by atoms with van der Waals surface area (Å²) >= 11 is 0. The number of aliphatic hydroxyl groups excluding tert-OH is 1. The number of ether oxygens (including phenoxy) is 3. The summed E-state index contributed by atoms with van der Waals surface area (Å²) in [5.41, 5.74) is 1.48. The first-order valence-corrected chi connectivity index (χ1v) is 8.17. The first-order valence-electron chi connectivity index (χ1n) is 8.17. The van der Waals surface area contributed by atoms with Gasteiger partial charge < -0.3 is 24.4 Å². The standard InChI is InChI=1S/C19H22O7/c1-3-14-15(16(18(22)24-2)11-26-19(14)23)10-17(21)25-9-8-12-4-6-13(20)7-5-12/h3-7,11,15,19-20,23H,8-10H2,1-2H3/b14-3+/t15-,19+/m0/s1. The molecule has 0 unspecified atom stereocenters. The molecule has 1 aliphatic heterocycles. The Labute approximate surface area is 151 Å². The lowest BCUT2D eigenvalue weighted by molar-refractivity contribution is -0.145. The number of aliphatic hydroxyl groups is 1. The van der Waals surface area contributed by atoms with Crippen molar-refractivity contribution in [3.05, 3.63) is 53.3 Å². The molecule has 0 spiro atoms. The van der Waals surface area contributed by atoms with Gasteiger partial charge in [0.15, 0.2) is 0 Å². The summed E-state index contributed by atoms with van der Waals surface area (Å²) < 4.78 is 15.0. The molecule has 0 fully saturated rings. The highest BCUT2D eigenvalue weighted by molar-refractivity contribution is 5.90. The van der Waals surface area contributed by atoms with Crippen LogP contribution in [-0.2, 0) is 30.2 Å². The molecule has 2 atom stereocenters. The number of aromatic hydroxyl groups is 1. The van der Waals surface area contributed by atoms with E-state index in [1.807, 2.05) is 0 Å². The second-order valence-corrected chi connectivity index (χ2v) is 5.74. The Kier molecular flexibility index (Phi) is 6.80. The Morgan fingerprint density at radius 3 is 2.58 bits per heavy atom. The summed E-state index contributed by atoms with van der Waals surface area (Å²) in [6.45, 7) is 1.85. The lowest BCUT2D eigenvalue weighted by Gasteiger charge is -2.28. The van der Waals surface area contributed by atoms with Gasteiger partial charge in [0.05, 0.1) is 32.0 Å². The number of allylic oxidation sites excluding steroid dienone is 1. The molecule has 0 saturated heterocycles. The van der Waals surface area contributed by atoms with E-state index in [4.69, 9.17) is 14.2 Å². The predicted octanol–water partition coefficient (Wildman–Crippen LogP) is 1.84. The Hall–Kier alpha value is -2.80. The van der Waals surface area contributed by atoms with E-state index >= 15 is 0 Å². The van der Waals surface area contributed by atoms with Gasteiger partial charge in [-0.2, -0.15) is 0 Å². The van der Waals surface area contributed by atoms with Gasteiger partial charge in [-0.1, -0.05) is 18.2 Å². The molecule has 140 valence electrons. The zero-order chi connectivity index (χ0) is 19.1. The molecule has 0 aliphatic carbocycles. The van der Waals surface area contributed by atoms with Crippen LogP contribution in [0.2, 0.25) is 0 Å². The van der Waals surface area contributed by atoms with Gasteiger partial charge in [-0.25, -0.2) is 4.79 Å². The normalized spacial score (nSPS) is 20.9. The SMILES string of the molecule is C/C=C1/[C@H](O)OC=C(C(=O)OC)[C@H]1CC(=O)OCCc1ccc(O)cc1. The molecular formula is C19H22O7. The number of phenols is 1. The van der Waals surface area contributed by atoms with E-state index in [0.29, 0.717) is 12.0 Å². The minimum atomic E-state index is -1.22. The van der Waals surface area contributed by atoms with Crippen molar-refractivity contribution in [2.75, 3.05) is 13.7 Å². The smallest absolute Gasteiger partial charge is 0.337 e. The molecule has 1 aromatic rings. The largest absolute Gasteiger partial charge is 0.508 e. The molecule has 1 aromatic carbocycles. The first kappa shape index (κ1) is 19.5. The number of hydrogen-bond donors (Lipinski definition) is 2. The summed E-state index contributed by atoms with van der Waals surface area (Å²) in [4.78, 5) is 24.1. The Bertz CT molecular complexity index is 703. The van der Waals surface area contributed by atoms with Gasteiger partial charge in [-0.3, -0.25) is 4.79 Å². The van der Waals surface area contributed by atoms with E-state index in [0.717, 1.165) is 11.8 Å². The van der Waals surface area contributed by atoms with E-state index in [9.17, 15) is 19.8 Å². The van der Waals surface area contributed by atoms with Gasteiger partial charge in [0.2, 0.25) is 6.29 Å². The predicted molar refractivity (Wildman–Crippen MR) is 91.8 cm³/mol. The number of methoxy groups -OCH3 is 1. The van der Waals surface area contributed by atoms with E-state index in [1.165, 1.54) is 7.11 Å². The van der Waals surface area contributed by atoms with Crippen molar-refractivity contribution < 1.29 is 34.0 Å². The summed E-state index contributed by atoms with van der Waals surface area (Å²) in [5.74, 6) is -1.63. The van der Waals surface area contributed by atoms with Gasteiger partial charge in [0, 0.05) is 17.9 Å². The van der Waals surface area contributed by atoms with Crippen LogP contribution in [0, 0.1) is 5.92 Å². The minimum absolute atomic E-state index is 0.114. The maximum Gasteiger partial charge on any atom is 0.337 e. The molecule has 2 rings (SSSR count). The fourth-order valence-corrected chi connectivity index (χ4v) is 2.70. The molecule has 26 heavy (non-hydrogen) atoms. The van der Waals surface area contributed by atoms with E-state index in [2.05, 4.69) is 0 Å². The van der Waals surface area contributed by atoms with E-state index in [-0.39, 0.29) is 24.4 Å². The average Bonchev–Trinajstić information content (AvgIpc) is 2.63. The molecule has 7 heteroatoms. The zero-order valence-corrected chi connectivity index (χ0v) is 14.7. The highest BCUT2D eigenvalue weighted by Gasteiger charge is 2.35. The number of rotatable bonds is 6. The maximum atomic E-state index is 12.2. The van der Waals surface area contributed by atoms with Crippen LogP contribution in [0.4, 0.5) is 0 Å². The minimum Gasteiger partial charge on any atom is -0.508 e. The summed E-state index contributed by atoms with van der Waals surface area (Å²) in [5, 5.41) is 19.2. The molecular weight excluding hydrogens is 340 g/mol. The molecule has 0 saturated carbocycles. The Morgan fingerprint density at radius 2 is 1.96 bits per heavy atom. The number of carbonyl (C=O) groups excluding carboxylic acids is 2. The van der Waals surface area contributed by atoms with Crippen LogP contribution < -0.4 is 0 Å². The van der Waals surface area contributed by atoms with Crippen LogP contribution in [0.5, 0.6) is 5.75 Å². The molecule has 1 aliphatic rings. The molecule has 0 amide bonds. The monoisotopic (exact) mass is 362 g/mol. The van der Waals surface area contributed by atoms with Gasteiger partial charge in [-0.15, -0.1) is 0 Å². The molecule has 1 heterocycles. The summed E-state index contributed by atoms with van der Waals surface area (Å²) in [7, 11) is 1.23. The number of esters is 2. The number of hydrogen-bond acceptors (Lipinski definition) is 7. The van der Waals surface area contributed by atoms with E-state index in [1.54, 1.807) is 37.3 Å². The van der Waals surface area contributed by atoms with Crippen molar-refractivity contribution in [3.63, 3.8) is 0 Å². The maximum absolute atomic E-state index is 12.2. The third kappa shape index (κ3) is 4.86. The zero-order valence-electron chi connectivity index (χ0n) is 14.7. The van der Waals surface area contributed by atoms with E-state index < -0.39 is 24.1 Å². The summed E-state index contributed by atoms with van der Waals surface area (Å²) in [6.07, 6.45) is 1.89. The van der Waals surface area contributed by atoms with Gasteiger partial charge in [0.1, 0.15) is 5.75 Å². The van der Waals surface area contributed by atoms with Gasteiger partial charge >= 0.3 is 11.9 Å². The lowest BCUT2D eigenvalue weighted by Crippen LogP contribution is -2.31. The van der Waals surface area contributed by atoms with Crippen molar-refractivity contribution in [2.24, 2.45) is 5.92 Å². The van der Waals surface area contributed by atoms with Crippen LogP contribution in [0.3, 0.4) is 0 Å². The highest BCUT2D eigenvalue weighted by atomic mass is 16.6. The fourth-order valence-electron chi connectivity index (χ4n) is 2.70. The quantitative estimate of drug-likeness (QED) is 0.588. The number of phenolic OH excluding ortho intramolecular Hbond substituents is 1. The van der Waals surface area contributed by atoms with Crippen LogP contribution in [-0.4, -0.2) is 42.2 Å². The Morgan fingerprint density at radius 1 is 1.27 bits per heavy atom. The third-order valence-corrected chi connectivity index (χ3v) is 4.10. The van der Waals surface area contributed by atoms with Crippen molar-refractivity contribution in [3.8, 4) is 5.75 Å². The highest BCUT2D eigenvalue weighted by Crippen LogP contribution is 2.32. The molecule has 7 nitrogen and oxygen atoms in total. The fraction of sp³-hybridized carbons (Fsp3) is 0.368. The van der Waals surface area contributed by atoms with Crippen LogP contribution >= 0.6 is 0 Å². The first-order chi connectivity index (χ1) is 12.5. The van der Waals surface area contributed by atoms with Crippen molar-refractivity contribution in [1.29, 1.82) is 0 Å². The molecule has 2 N–H and O–H groups in total. The number of carbonyl (C=O) groups is 2. The van der Waals surface area contributed by atoms with Crippen LogP contribution in [0.1, 0.15) is 18.9 Å². The second kappa shape index (κ2) is 9.05. The molecule has 0 radical (unpaired) electrons. The van der Waals surface area contributed by atoms with Crippen molar-refractivity contribution in [1.82, 2.24) is 0 Å². The third-order valence-electron chi connectivity index (χ3n) is 4.10. The topological polar surface area (TPSA) is 102 Å². The number of benzene rings is 1. The lowest BCUT2D eigenvalue weighted by atomic mass is 9.86. The van der Waals surface area contributed by atoms with Crippen molar-refractivity contribution in [2.45, 2.75) is 26.1 Å².